The zero-order valence-electron chi connectivity index (χ0n) is 14.5. The fraction of sp³-hybridized carbons (Fsp3) is 0.368. The molecule has 0 unspecified atom stereocenters. The van der Waals surface area contributed by atoms with E-state index >= 15 is 0 Å². The third-order valence-electron chi connectivity index (χ3n) is 5.28. The second-order valence-corrected chi connectivity index (χ2v) is 12.3. The van der Waals surface area contributed by atoms with Gasteiger partial charge in [0.1, 0.15) is 11.5 Å². The lowest BCUT2D eigenvalue weighted by molar-refractivity contribution is 0.465. The summed E-state index contributed by atoms with van der Waals surface area (Å²) in [5, 5.41) is 1.52. The van der Waals surface area contributed by atoms with Crippen molar-refractivity contribution in [1.29, 1.82) is 0 Å². The molecule has 3 rings (SSSR count). The van der Waals surface area contributed by atoms with E-state index in [1.807, 2.05) is 24.3 Å². The molecule has 0 amide bonds. The van der Waals surface area contributed by atoms with Gasteiger partial charge in [-0.25, -0.2) is 0 Å². The van der Waals surface area contributed by atoms with Gasteiger partial charge in [0, 0.05) is 5.82 Å². The van der Waals surface area contributed by atoms with Gasteiger partial charge in [-0.15, -0.1) is 0 Å². The van der Waals surface area contributed by atoms with E-state index in [-0.39, 0.29) is 7.12 Å². The molecule has 0 saturated heterocycles. The molecule has 0 radical (unpaired) electrons. The Morgan fingerprint density at radius 3 is 1.96 bits per heavy atom. The first-order valence-electron chi connectivity index (χ1n) is 8.46. The van der Waals surface area contributed by atoms with Crippen molar-refractivity contribution in [1.82, 2.24) is 0 Å². The molecule has 0 fully saturated rings. The number of hydrogen-bond donors (Lipinski definition) is 0. The Morgan fingerprint density at radius 1 is 0.870 bits per heavy atom. The Bertz CT molecular complexity index is 634. The highest BCUT2D eigenvalue weighted by Crippen LogP contribution is 2.39. The molecule has 0 aromatic heterocycles. The van der Waals surface area contributed by atoms with Gasteiger partial charge in [-0.05, 0) is 24.1 Å². The minimum atomic E-state index is -1.49. The van der Waals surface area contributed by atoms with Crippen molar-refractivity contribution in [3.63, 3.8) is 0 Å². The molecule has 0 N–H and O–H groups in total. The normalized spacial score (nSPS) is 16.3. The number of benzene rings is 2. The van der Waals surface area contributed by atoms with Crippen LogP contribution in [0.3, 0.4) is 0 Å². The van der Waals surface area contributed by atoms with Crippen LogP contribution in [0.4, 0.5) is 0 Å². The van der Waals surface area contributed by atoms with Gasteiger partial charge in [-0.3, -0.25) is 0 Å². The van der Waals surface area contributed by atoms with E-state index in [2.05, 4.69) is 57.3 Å². The van der Waals surface area contributed by atoms with Crippen LogP contribution in [0.5, 0.6) is 11.5 Å². The standard InChI is InChI=1S/C19H25BO2Si/c1-15(20-21-18-12-8-9-13-19(18)22-20)14-16(2)23(3,4)17-10-6-5-7-11-17/h5-13,15-16H,14H2,1-4H3/t15-,16-/m0/s1. The first-order valence-corrected chi connectivity index (χ1v) is 11.5. The molecule has 2 nitrogen and oxygen atoms in total. The van der Waals surface area contributed by atoms with Crippen LogP contribution in [-0.2, 0) is 0 Å². The van der Waals surface area contributed by atoms with Gasteiger partial charge in [-0.2, -0.15) is 0 Å². The predicted molar refractivity (Wildman–Crippen MR) is 100 cm³/mol. The van der Waals surface area contributed by atoms with Gasteiger partial charge in [0.25, 0.3) is 0 Å². The second-order valence-electron chi connectivity index (χ2n) is 7.25. The van der Waals surface area contributed by atoms with E-state index in [1.54, 1.807) is 0 Å². The van der Waals surface area contributed by atoms with Crippen LogP contribution in [0.15, 0.2) is 54.6 Å². The SMILES string of the molecule is C[C@@H](C[C@H](C)[Si](C)(C)c1ccccc1)B1Oc2ccccc2O1. The van der Waals surface area contributed by atoms with Crippen molar-refractivity contribution < 1.29 is 9.31 Å². The Morgan fingerprint density at radius 2 is 1.39 bits per heavy atom. The molecular weight excluding hydrogens is 299 g/mol. The summed E-state index contributed by atoms with van der Waals surface area (Å²) in [7, 11) is -1.64. The number of rotatable bonds is 5. The highest BCUT2D eigenvalue weighted by molar-refractivity contribution is 6.91. The van der Waals surface area contributed by atoms with E-state index in [0.29, 0.717) is 11.4 Å². The third kappa shape index (κ3) is 3.32. The Balaban J connectivity index is 1.65. The summed E-state index contributed by atoms with van der Waals surface area (Å²) in [4.78, 5) is 0. The van der Waals surface area contributed by atoms with E-state index in [4.69, 9.17) is 9.31 Å². The van der Waals surface area contributed by atoms with Crippen LogP contribution in [0.1, 0.15) is 20.3 Å². The Labute approximate surface area is 141 Å². The molecule has 1 aliphatic heterocycles. The maximum Gasteiger partial charge on any atom is 0.597 e. The van der Waals surface area contributed by atoms with Gasteiger partial charge in [0.05, 0.1) is 8.07 Å². The largest absolute Gasteiger partial charge is 0.597 e. The average molecular weight is 324 g/mol. The molecule has 0 aliphatic carbocycles. The highest BCUT2D eigenvalue weighted by atomic mass is 28.3. The minimum Gasteiger partial charge on any atom is -0.523 e. The van der Waals surface area contributed by atoms with Gasteiger partial charge >= 0.3 is 7.12 Å². The van der Waals surface area contributed by atoms with E-state index < -0.39 is 8.07 Å². The zero-order chi connectivity index (χ0) is 16.4. The molecule has 0 spiro atoms. The fourth-order valence-corrected chi connectivity index (χ4v) is 5.85. The summed E-state index contributed by atoms with van der Waals surface area (Å²) in [6.07, 6.45) is 1.12. The molecule has 1 heterocycles. The van der Waals surface area contributed by atoms with E-state index in [1.165, 1.54) is 5.19 Å². The molecule has 0 bridgehead atoms. The van der Waals surface area contributed by atoms with Crippen molar-refractivity contribution >= 4 is 20.4 Å². The molecule has 23 heavy (non-hydrogen) atoms. The Kier molecular flexibility index (Phi) is 4.53. The average Bonchev–Trinajstić information content (AvgIpc) is 2.99. The zero-order valence-corrected chi connectivity index (χ0v) is 15.5. The maximum absolute atomic E-state index is 5.98. The summed E-state index contributed by atoms with van der Waals surface area (Å²) in [5.74, 6) is 2.11. The molecule has 2 aromatic rings. The minimum absolute atomic E-state index is 0.157. The van der Waals surface area contributed by atoms with Crippen LogP contribution >= 0.6 is 0 Å². The third-order valence-corrected chi connectivity index (χ3v) is 9.80. The molecule has 120 valence electrons. The number of para-hydroxylation sites is 2. The van der Waals surface area contributed by atoms with Gasteiger partial charge in [0.15, 0.2) is 0 Å². The lowest BCUT2D eigenvalue weighted by Crippen LogP contribution is -2.46. The van der Waals surface area contributed by atoms with Crippen LogP contribution in [-0.4, -0.2) is 15.2 Å². The first-order chi connectivity index (χ1) is 11.0. The van der Waals surface area contributed by atoms with E-state index in [0.717, 1.165) is 17.9 Å². The molecule has 2 atom stereocenters. The predicted octanol–water partition coefficient (Wildman–Crippen LogP) is 4.73. The molecule has 0 saturated carbocycles. The highest BCUT2D eigenvalue weighted by Gasteiger charge is 2.40. The topological polar surface area (TPSA) is 18.5 Å². The summed E-state index contributed by atoms with van der Waals surface area (Å²) in [6.45, 7) is 9.55. The van der Waals surface area contributed by atoms with Gasteiger partial charge in [-0.1, -0.05) is 74.6 Å². The van der Waals surface area contributed by atoms with E-state index in [9.17, 15) is 0 Å². The summed E-state index contributed by atoms with van der Waals surface area (Å²) in [6, 6.07) is 18.9. The quantitative estimate of drug-likeness (QED) is 0.740. The summed E-state index contributed by atoms with van der Waals surface area (Å²) < 4.78 is 12.0. The monoisotopic (exact) mass is 324 g/mol. The van der Waals surface area contributed by atoms with Crippen LogP contribution in [0.2, 0.25) is 24.5 Å². The van der Waals surface area contributed by atoms with Crippen molar-refractivity contribution in [2.24, 2.45) is 0 Å². The summed E-state index contributed by atoms with van der Waals surface area (Å²) >= 11 is 0. The van der Waals surface area contributed by atoms with Crippen molar-refractivity contribution in [3.8, 4) is 11.5 Å². The fourth-order valence-electron chi connectivity index (χ4n) is 3.27. The van der Waals surface area contributed by atoms with Gasteiger partial charge < -0.3 is 9.31 Å². The number of fused-ring (bicyclic) bond motifs is 1. The second kappa shape index (κ2) is 6.44. The lowest BCUT2D eigenvalue weighted by atomic mass is 9.71. The van der Waals surface area contributed by atoms with Crippen LogP contribution < -0.4 is 14.5 Å². The summed E-state index contributed by atoms with van der Waals surface area (Å²) in [5.41, 5.74) is 0.663. The number of hydrogen-bond acceptors (Lipinski definition) is 2. The van der Waals surface area contributed by atoms with Crippen molar-refractivity contribution in [2.45, 2.75) is 44.7 Å². The van der Waals surface area contributed by atoms with Crippen molar-refractivity contribution in [2.75, 3.05) is 0 Å². The Hall–Kier alpha value is -1.68. The molecular formula is C19H25BO2Si. The molecule has 2 aromatic carbocycles. The molecule has 1 aliphatic rings. The maximum atomic E-state index is 5.98. The first kappa shape index (κ1) is 16.2. The lowest BCUT2D eigenvalue weighted by Gasteiger charge is -2.32. The smallest absolute Gasteiger partial charge is 0.523 e. The molecule has 4 heteroatoms. The van der Waals surface area contributed by atoms with Crippen LogP contribution in [0.25, 0.3) is 0 Å². The van der Waals surface area contributed by atoms with Crippen LogP contribution in [0, 0.1) is 0 Å². The van der Waals surface area contributed by atoms with Crippen molar-refractivity contribution in [3.05, 3.63) is 54.6 Å². The van der Waals surface area contributed by atoms with Gasteiger partial charge in [0.2, 0.25) is 0 Å².